The molecule has 1 fully saturated rings. The van der Waals surface area contributed by atoms with Gasteiger partial charge in [-0.25, -0.2) is 0 Å². The van der Waals surface area contributed by atoms with Gasteiger partial charge in [0.1, 0.15) is 0 Å². The second kappa shape index (κ2) is 22.0. The third-order valence-corrected chi connectivity index (χ3v) is 8.89. The maximum atomic E-state index is 12.4. The van der Waals surface area contributed by atoms with Gasteiger partial charge in [-0.2, -0.15) is 0 Å². The summed E-state index contributed by atoms with van der Waals surface area (Å²) in [5.74, 6) is -0.886. The maximum absolute atomic E-state index is 12.4. The molecular formula is C39H60N2O6. The van der Waals surface area contributed by atoms with Crippen molar-refractivity contribution in [2.24, 2.45) is 0 Å². The minimum absolute atomic E-state index is 0.00849. The first kappa shape index (κ1) is 38.7. The number of anilines is 1. The summed E-state index contributed by atoms with van der Waals surface area (Å²) in [5, 5.41) is 12.4. The second-order valence-electron chi connectivity index (χ2n) is 13.0. The van der Waals surface area contributed by atoms with Crippen molar-refractivity contribution in [1.82, 2.24) is 4.90 Å². The topological polar surface area (TPSA) is 97.3 Å². The molecule has 1 aliphatic rings. The quantitative estimate of drug-likeness (QED) is 0.0971. The van der Waals surface area contributed by atoms with Crippen molar-refractivity contribution in [3.8, 4) is 0 Å². The summed E-state index contributed by atoms with van der Waals surface area (Å²) in [6.07, 6.45) is 14.5. The number of carbonyl (C=O) groups is 2. The number of unbranched alkanes of at least 4 members (excludes halogenated alkanes) is 10. The molecular weight excluding hydrogens is 592 g/mol. The summed E-state index contributed by atoms with van der Waals surface area (Å²) < 4.78 is 18.2. The van der Waals surface area contributed by atoms with Crippen LogP contribution in [0.1, 0.15) is 140 Å². The lowest BCUT2D eigenvalue weighted by molar-refractivity contribution is -0.253. The molecule has 1 heterocycles. The van der Waals surface area contributed by atoms with Gasteiger partial charge in [0, 0.05) is 31.1 Å². The first-order valence-corrected chi connectivity index (χ1v) is 18.1. The Morgan fingerprint density at radius 2 is 1.38 bits per heavy atom. The molecule has 0 spiro atoms. The van der Waals surface area contributed by atoms with Crippen LogP contribution in [0.3, 0.4) is 0 Å². The molecule has 8 nitrogen and oxygen atoms in total. The summed E-state index contributed by atoms with van der Waals surface area (Å²) in [7, 11) is 0. The summed E-state index contributed by atoms with van der Waals surface area (Å²) in [6, 6.07) is 15.5. The number of esters is 1. The fraction of sp³-hybridized carbons (Fsp3) is 0.641. The third-order valence-electron chi connectivity index (χ3n) is 8.89. The van der Waals surface area contributed by atoms with Crippen LogP contribution in [-0.2, 0) is 30.4 Å². The van der Waals surface area contributed by atoms with Gasteiger partial charge in [0.25, 0.3) is 5.91 Å². The molecule has 1 aliphatic heterocycles. The van der Waals surface area contributed by atoms with E-state index < -0.39 is 18.4 Å². The number of ether oxygens (including phenoxy) is 3. The molecule has 2 aromatic rings. The van der Waals surface area contributed by atoms with Crippen LogP contribution < -0.4 is 5.32 Å². The van der Waals surface area contributed by atoms with E-state index in [0.717, 1.165) is 42.7 Å². The van der Waals surface area contributed by atoms with E-state index in [1.165, 1.54) is 84.0 Å². The van der Waals surface area contributed by atoms with E-state index in [1.807, 2.05) is 48.5 Å². The smallest absolute Gasteiger partial charge is 0.303 e. The number of aliphatic hydroxyl groups excluding tert-OH is 1. The van der Waals surface area contributed by atoms with Crippen LogP contribution >= 0.6 is 0 Å². The molecule has 0 unspecified atom stereocenters. The number of benzene rings is 2. The van der Waals surface area contributed by atoms with Gasteiger partial charge < -0.3 is 29.5 Å². The van der Waals surface area contributed by atoms with Gasteiger partial charge in [-0.15, -0.1) is 0 Å². The maximum Gasteiger partial charge on any atom is 0.303 e. The fourth-order valence-electron chi connectivity index (χ4n) is 6.12. The lowest BCUT2D eigenvalue weighted by atomic mass is 9.99. The van der Waals surface area contributed by atoms with Gasteiger partial charge in [0.15, 0.2) is 12.4 Å². The molecule has 3 rings (SSSR count). The van der Waals surface area contributed by atoms with Crippen LogP contribution in [0.15, 0.2) is 48.5 Å². The van der Waals surface area contributed by atoms with E-state index in [4.69, 9.17) is 14.2 Å². The van der Waals surface area contributed by atoms with Crippen LogP contribution in [0, 0.1) is 0 Å². The number of nitrogens with one attached hydrogen (secondary N) is 1. The van der Waals surface area contributed by atoms with Crippen LogP contribution in [0.4, 0.5) is 5.69 Å². The molecule has 262 valence electrons. The number of nitrogens with zero attached hydrogens (tertiary/aromatic N) is 1. The molecule has 0 aromatic heterocycles. The Hall–Kier alpha value is -2.78. The van der Waals surface area contributed by atoms with Crippen molar-refractivity contribution < 1.29 is 28.9 Å². The number of hydrogen-bond acceptors (Lipinski definition) is 7. The van der Waals surface area contributed by atoms with Crippen molar-refractivity contribution in [2.45, 2.75) is 142 Å². The predicted octanol–water partition coefficient (Wildman–Crippen LogP) is 8.64. The molecule has 0 saturated carbocycles. The third kappa shape index (κ3) is 14.5. The average Bonchev–Trinajstić information content (AvgIpc) is 3.07. The minimum Gasteiger partial charge on any atom is -0.453 e. The fourth-order valence-corrected chi connectivity index (χ4v) is 6.12. The number of hydrogen-bond donors (Lipinski definition) is 2. The van der Waals surface area contributed by atoms with Gasteiger partial charge in [0.2, 0.25) is 0 Å². The lowest BCUT2D eigenvalue weighted by Crippen LogP contribution is -2.40. The second-order valence-corrected chi connectivity index (χ2v) is 13.0. The number of rotatable bonds is 22. The molecule has 47 heavy (non-hydrogen) atoms. The molecule has 1 saturated heterocycles. The minimum atomic E-state index is -0.883. The van der Waals surface area contributed by atoms with E-state index in [-0.39, 0.29) is 24.7 Å². The Balaban J connectivity index is 1.72. The van der Waals surface area contributed by atoms with Gasteiger partial charge in [-0.05, 0) is 56.1 Å². The lowest BCUT2D eigenvalue weighted by Gasteiger charge is -2.38. The standard InChI is InChI=1S/C39H60N2O6/c1-5-7-9-11-13-15-25-41(26-16-14-12-10-8-6-2)28-36-27-37(33-19-17-32(29-42)18-20-33)47-39(46-36)34-21-23-35(24-22-34)40-38(44)30(3)45-31(4)43/h17-24,30,36-37,39,42H,5-16,25-29H2,1-4H3,(H,40,44)/t30-,36+,37-,39-/m0/s1. The Morgan fingerprint density at radius 1 is 0.830 bits per heavy atom. The van der Waals surface area contributed by atoms with E-state index >= 15 is 0 Å². The van der Waals surface area contributed by atoms with E-state index in [2.05, 4.69) is 24.1 Å². The van der Waals surface area contributed by atoms with E-state index in [0.29, 0.717) is 5.69 Å². The van der Waals surface area contributed by atoms with Crippen molar-refractivity contribution in [3.63, 3.8) is 0 Å². The van der Waals surface area contributed by atoms with E-state index in [1.54, 1.807) is 6.92 Å². The zero-order chi connectivity index (χ0) is 33.9. The molecule has 0 radical (unpaired) electrons. The van der Waals surface area contributed by atoms with Gasteiger partial charge in [-0.3, -0.25) is 9.59 Å². The molecule has 0 aliphatic carbocycles. The molecule has 4 atom stereocenters. The average molecular weight is 653 g/mol. The Bertz CT molecular complexity index is 1140. The van der Waals surface area contributed by atoms with Gasteiger partial charge in [0.05, 0.1) is 18.8 Å². The summed E-state index contributed by atoms with van der Waals surface area (Å²) in [6.45, 7) is 10.4. The Labute approximate surface area is 283 Å². The molecule has 8 heteroatoms. The normalized spacial score (nSPS) is 18.6. The Kier molecular flexibility index (Phi) is 18.1. The molecule has 2 N–H and O–H groups in total. The summed E-state index contributed by atoms with van der Waals surface area (Å²) in [4.78, 5) is 26.3. The Morgan fingerprint density at radius 3 is 1.94 bits per heavy atom. The van der Waals surface area contributed by atoms with Crippen molar-refractivity contribution >= 4 is 17.6 Å². The largest absolute Gasteiger partial charge is 0.453 e. The first-order valence-electron chi connectivity index (χ1n) is 18.1. The zero-order valence-corrected chi connectivity index (χ0v) is 29.4. The van der Waals surface area contributed by atoms with Crippen LogP contribution in [0.25, 0.3) is 0 Å². The molecule has 1 amide bonds. The van der Waals surface area contributed by atoms with Crippen LogP contribution in [0.5, 0.6) is 0 Å². The summed E-state index contributed by atoms with van der Waals surface area (Å²) >= 11 is 0. The number of amides is 1. The van der Waals surface area contributed by atoms with Crippen molar-refractivity contribution in [2.75, 3.05) is 25.0 Å². The first-order chi connectivity index (χ1) is 22.8. The van der Waals surface area contributed by atoms with Gasteiger partial charge >= 0.3 is 5.97 Å². The highest BCUT2D eigenvalue weighted by Gasteiger charge is 2.33. The summed E-state index contributed by atoms with van der Waals surface area (Å²) in [5.41, 5.74) is 3.42. The number of carbonyl (C=O) groups excluding carboxylic acids is 2. The number of aliphatic hydroxyl groups is 1. The highest BCUT2D eigenvalue weighted by Crippen LogP contribution is 2.38. The van der Waals surface area contributed by atoms with Crippen LogP contribution in [-0.4, -0.2) is 53.7 Å². The highest BCUT2D eigenvalue weighted by atomic mass is 16.7. The predicted molar refractivity (Wildman–Crippen MR) is 188 cm³/mol. The molecule has 2 aromatic carbocycles. The monoisotopic (exact) mass is 652 g/mol. The zero-order valence-electron chi connectivity index (χ0n) is 29.4. The SMILES string of the molecule is CCCCCCCCN(CCCCCCCC)C[C@H]1C[C@@H](c2ccc(CO)cc2)O[C@@H](c2ccc(NC(=O)[C@H](C)OC(C)=O)cc2)O1. The van der Waals surface area contributed by atoms with Gasteiger partial charge in [-0.1, -0.05) is 114 Å². The van der Waals surface area contributed by atoms with E-state index in [9.17, 15) is 14.7 Å². The van der Waals surface area contributed by atoms with Crippen molar-refractivity contribution in [3.05, 3.63) is 65.2 Å². The molecule has 0 bridgehead atoms. The highest BCUT2D eigenvalue weighted by molar-refractivity contribution is 5.94. The van der Waals surface area contributed by atoms with Crippen LogP contribution in [0.2, 0.25) is 0 Å². The van der Waals surface area contributed by atoms with Crippen molar-refractivity contribution in [1.29, 1.82) is 0 Å².